The van der Waals surface area contributed by atoms with Gasteiger partial charge in [-0.05, 0) is 69.2 Å². The number of benzene rings is 2. The molecule has 6 heteroatoms. The third-order valence-corrected chi connectivity index (χ3v) is 4.93. The molecular weight excluding hydrogens is 374 g/mol. The first kappa shape index (κ1) is 21.1. The molecule has 0 bridgehead atoms. The molecule has 2 aromatic carbocycles. The number of hydrogen-bond acceptors (Lipinski definition) is 3. The lowest BCUT2D eigenvalue weighted by Gasteiger charge is -2.27. The topological polar surface area (TPSA) is 74.0 Å². The molecule has 0 saturated heterocycles. The maximum Gasteiger partial charge on any atom is 0.322 e. The van der Waals surface area contributed by atoms with Gasteiger partial charge < -0.3 is 10.2 Å². The molecule has 0 saturated carbocycles. The standard InChI is InChI=1S/C24H27N5O/c1-17(2)28(15-21-10-8-20(14-25)9-11-21)24(30)26-23-7-5-6-22(13-23)16-29-19(4)12-18(3)27-29/h5-13,17H,15-16H2,1-4H3,(H,26,30). The Morgan fingerprint density at radius 2 is 1.87 bits per heavy atom. The van der Waals surface area contributed by atoms with E-state index in [1.807, 2.05) is 68.8 Å². The first-order valence-corrected chi connectivity index (χ1v) is 10.0. The van der Waals surface area contributed by atoms with E-state index >= 15 is 0 Å². The zero-order valence-corrected chi connectivity index (χ0v) is 17.9. The van der Waals surface area contributed by atoms with Crippen molar-refractivity contribution in [3.05, 3.63) is 82.7 Å². The number of rotatable bonds is 6. The average molecular weight is 402 g/mol. The Balaban J connectivity index is 1.70. The van der Waals surface area contributed by atoms with Crippen LogP contribution < -0.4 is 5.32 Å². The number of aryl methyl sites for hydroxylation is 2. The Labute approximate surface area is 177 Å². The van der Waals surface area contributed by atoms with Gasteiger partial charge in [-0.15, -0.1) is 0 Å². The van der Waals surface area contributed by atoms with Gasteiger partial charge in [-0.3, -0.25) is 4.68 Å². The molecule has 6 nitrogen and oxygen atoms in total. The van der Waals surface area contributed by atoms with Crippen molar-refractivity contribution < 1.29 is 4.79 Å². The Morgan fingerprint density at radius 3 is 2.47 bits per heavy atom. The van der Waals surface area contributed by atoms with Crippen LogP contribution in [0.1, 0.15) is 41.9 Å². The number of urea groups is 1. The van der Waals surface area contributed by atoms with Crippen LogP contribution in [0.3, 0.4) is 0 Å². The highest BCUT2D eigenvalue weighted by Crippen LogP contribution is 2.16. The third kappa shape index (κ3) is 5.26. The van der Waals surface area contributed by atoms with Crippen molar-refractivity contribution in [2.24, 2.45) is 0 Å². The molecule has 0 radical (unpaired) electrons. The fourth-order valence-electron chi connectivity index (χ4n) is 3.32. The molecule has 30 heavy (non-hydrogen) atoms. The molecule has 3 rings (SSSR count). The van der Waals surface area contributed by atoms with Crippen LogP contribution in [0, 0.1) is 25.2 Å². The predicted molar refractivity (Wildman–Crippen MR) is 118 cm³/mol. The minimum absolute atomic E-state index is 0.0264. The van der Waals surface area contributed by atoms with Gasteiger partial charge in [0.2, 0.25) is 0 Å². The molecule has 0 aliphatic carbocycles. The lowest BCUT2D eigenvalue weighted by Crippen LogP contribution is -2.39. The Kier molecular flexibility index (Phi) is 6.53. The van der Waals surface area contributed by atoms with Gasteiger partial charge >= 0.3 is 6.03 Å². The van der Waals surface area contributed by atoms with Gasteiger partial charge in [0.25, 0.3) is 0 Å². The summed E-state index contributed by atoms with van der Waals surface area (Å²) in [4.78, 5) is 14.7. The second-order valence-electron chi connectivity index (χ2n) is 7.75. The van der Waals surface area contributed by atoms with Crippen molar-refractivity contribution in [2.75, 3.05) is 5.32 Å². The minimum Gasteiger partial charge on any atom is -0.318 e. The van der Waals surface area contributed by atoms with Crippen molar-refractivity contribution >= 4 is 11.7 Å². The quantitative estimate of drug-likeness (QED) is 0.641. The molecule has 0 unspecified atom stereocenters. The van der Waals surface area contributed by atoms with Crippen molar-refractivity contribution in [3.63, 3.8) is 0 Å². The SMILES string of the molecule is Cc1cc(C)n(Cc2cccc(NC(=O)N(Cc3ccc(C#N)cc3)C(C)C)c2)n1. The molecule has 0 atom stereocenters. The molecule has 1 aromatic heterocycles. The van der Waals surface area contributed by atoms with Gasteiger partial charge in [0.15, 0.2) is 0 Å². The summed E-state index contributed by atoms with van der Waals surface area (Å²) in [6, 6.07) is 19.2. The number of hydrogen-bond donors (Lipinski definition) is 1. The van der Waals surface area contributed by atoms with Crippen LogP contribution in [0.4, 0.5) is 10.5 Å². The van der Waals surface area contributed by atoms with Gasteiger partial charge in [0.1, 0.15) is 0 Å². The van der Waals surface area contributed by atoms with Crippen LogP contribution in [-0.2, 0) is 13.1 Å². The normalized spacial score (nSPS) is 10.7. The molecule has 154 valence electrons. The first-order valence-electron chi connectivity index (χ1n) is 10.0. The zero-order valence-electron chi connectivity index (χ0n) is 17.9. The lowest BCUT2D eigenvalue weighted by molar-refractivity contribution is 0.193. The highest BCUT2D eigenvalue weighted by Gasteiger charge is 2.18. The van der Waals surface area contributed by atoms with Crippen molar-refractivity contribution in [1.29, 1.82) is 5.26 Å². The minimum atomic E-state index is -0.155. The highest BCUT2D eigenvalue weighted by atomic mass is 16.2. The number of anilines is 1. The van der Waals surface area contributed by atoms with E-state index < -0.39 is 0 Å². The van der Waals surface area contributed by atoms with Crippen molar-refractivity contribution in [1.82, 2.24) is 14.7 Å². The summed E-state index contributed by atoms with van der Waals surface area (Å²) in [5.74, 6) is 0. The smallest absolute Gasteiger partial charge is 0.318 e. The number of amides is 2. The van der Waals surface area contributed by atoms with E-state index in [2.05, 4.69) is 22.6 Å². The Hall–Kier alpha value is -3.59. The van der Waals surface area contributed by atoms with Gasteiger partial charge in [-0.2, -0.15) is 10.4 Å². The summed E-state index contributed by atoms with van der Waals surface area (Å²) in [5.41, 5.74) is 5.52. The monoisotopic (exact) mass is 401 g/mol. The molecule has 0 spiro atoms. The Bertz CT molecular complexity index is 1060. The maximum absolute atomic E-state index is 13.0. The summed E-state index contributed by atoms with van der Waals surface area (Å²) in [7, 11) is 0. The second-order valence-corrected chi connectivity index (χ2v) is 7.75. The van der Waals surface area contributed by atoms with E-state index in [1.165, 1.54) is 0 Å². The highest BCUT2D eigenvalue weighted by molar-refractivity contribution is 5.89. The predicted octanol–water partition coefficient (Wildman–Crippen LogP) is 4.86. The molecule has 1 heterocycles. The van der Waals surface area contributed by atoms with E-state index in [-0.39, 0.29) is 12.1 Å². The van der Waals surface area contributed by atoms with E-state index in [1.54, 1.807) is 17.0 Å². The van der Waals surface area contributed by atoms with E-state index in [0.717, 1.165) is 28.2 Å². The molecule has 0 aliphatic rings. The molecule has 2 amide bonds. The van der Waals surface area contributed by atoms with Gasteiger partial charge in [-0.1, -0.05) is 24.3 Å². The average Bonchev–Trinajstić information content (AvgIpc) is 3.03. The fraction of sp³-hybridized carbons (Fsp3) is 0.292. The Morgan fingerprint density at radius 1 is 1.13 bits per heavy atom. The number of nitrogens with zero attached hydrogens (tertiary/aromatic N) is 4. The molecule has 1 N–H and O–H groups in total. The zero-order chi connectivity index (χ0) is 21.7. The maximum atomic E-state index is 13.0. The molecule has 0 fully saturated rings. The van der Waals surface area contributed by atoms with Crippen molar-refractivity contribution in [2.45, 2.75) is 46.8 Å². The van der Waals surface area contributed by atoms with Gasteiger partial charge in [0.05, 0.1) is 23.9 Å². The van der Waals surface area contributed by atoms with E-state index in [0.29, 0.717) is 18.7 Å². The number of carbonyl (C=O) groups is 1. The number of aromatic nitrogens is 2. The summed E-state index contributed by atoms with van der Waals surface area (Å²) >= 11 is 0. The van der Waals surface area contributed by atoms with Crippen LogP contribution in [0.2, 0.25) is 0 Å². The van der Waals surface area contributed by atoms with Crippen LogP contribution in [0.15, 0.2) is 54.6 Å². The lowest BCUT2D eigenvalue weighted by atomic mass is 10.1. The molecule has 3 aromatic rings. The van der Waals surface area contributed by atoms with Gasteiger partial charge in [-0.25, -0.2) is 4.79 Å². The summed E-state index contributed by atoms with van der Waals surface area (Å²) in [6.45, 7) is 9.12. The van der Waals surface area contributed by atoms with Crippen LogP contribution in [0.5, 0.6) is 0 Å². The largest absolute Gasteiger partial charge is 0.322 e. The van der Waals surface area contributed by atoms with Crippen LogP contribution >= 0.6 is 0 Å². The number of nitriles is 1. The summed E-state index contributed by atoms with van der Waals surface area (Å²) in [6.07, 6.45) is 0. The summed E-state index contributed by atoms with van der Waals surface area (Å²) in [5, 5.41) is 16.5. The second kappa shape index (κ2) is 9.27. The van der Waals surface area contributed by atoms with Gasteiger partial charge in [0, 0.05) is 24.0 Å². The van der Waals surface area contributed by atoms with Crippen molar-refractivity contribution in [3.8, 4) is 6.07 Å². The summed E-state index contributed by atoms with van der Waals surface area (Å²) < 4.78 is 1.96. The van der Waals surface area contributed by atoms with E-state index in [9.17, 15) is 4.79 Å². The van der Waals surface area contributed by atoms with Crippen LogP contribution in [0.25, 0.3) is 0 Å². The molecule has 0 aliphatic heterocycles. The first-order chi connectivity index (χ1) is 14.4. The van der Waals surface area contributed by atoms with E-state index in [4.69, 9.17) is 5.26 Å². The number of carbonyl (C=O) groups excluding carboxylic acids is 1. The number of nitrogens with one attached hydrogen (secondary N) is 1. The molecular formula is C24H27N5O. The van der Waals surface area contributed by atoms with Crippen LogP contribution in [-0.4, -0.2) is 26.8 Å². The fourth-order valence-corrected chi connectivity index (χ4v) is 3.32. The third-order valence-electron chi connectivity index (χ3n) is 4.93.